The van der Waals surface area contributed by atoms with Gasteiger partial charge >= 0.3 is 0 Å². The van der Waals surface area contributed by atoms with Gasteiger partial charge in [-0.15, -0.1) is 0 Å². The molecular weight excluding hydrogens is 396 g/mol. The van der Waals surface area contributed by atoms with Gasteiger partial charge in [0.15, 0.2) is 0 Å². The van der Waals surface area contributed by atoms with Crippen LogP contribution in [0.15, 0.2) is 36.4 Å². The summed E-state index contributed by atoms with van der Waals surface area (Å²) in [7, 11) is -3.43. The molecule has 0 bridgehead atoms. The first-order chi connectivity index (χ1) is 14.2. The fourth-order valence-electron chi connectivity index (χ4n) is 4.11. The first-order valence-electron chi connectivity index (χ1n) is 10.6. The number of nitrogens with one attached hydrogen (secondary N) is 1. The lowest BCUT2D eigenvalue weighted by atomic mass is 10.0. The van der Waals surface area contributed by atoms with Gasteiger partial charge in [-0.3, -0.25) is 9.10 Å². The summed E-state index contributed by atoms with van der Waals surface area (Å²) in [6, 6.07) is 12.1. The van der Waals surface area contributed by atoms with Crippen LogP contribution in [0, 0.1) is 13.8 Å². The van der Waals surface area contributed by atoms with Crippen molar-refractivity contribution in [2.24, 2.45) is 0 Å². The minimum Gasteiger partial charge on any atom is -0.350 e. The number of carbonyl (C=O) groups is 1. The van der Waals surface area contributed by atoms with E-state index in [4.69, 9.17) is 0 Å². The van der Waals surface area contributed by atoms with E-state index in [0.29, 0.717) is 12.1 Å². The van der Waals surface area contributed by atoms with Crippen LogP contribution in [-0.4, -0.2) is 27.1 Å². The van der Waals surface area contributed by atoms with Gasteiger partial charge in [0.05, 0.1) is 18.0 Å². The summed E-state index contributed by atoms with van der Waals surface area (Å²) in [5, 5.41) is 3.05. The zero-order valence-corrected chi connectivity index (χ0v) is 19.2. The Hall–Kier alpha value is -2.34. The summed E-state index contributed by atoms with van der Waals surface area (Å²) in [6.45, 7) is 6.16. The zero-order valence-electron chi connectivity index (χ0n) is 18.4. The maximum Gasteiger partial charge on any atom is 0.232 e. The predicted molar refractivity (Wildman–Crippen MR) is 122 cm³/mol. The number of anilines is 1. The van der Waals surface area contributed by atoms with E-state index < -0.39 is 10.0 Å². The van der Waals surface area contributed by atoms with Crippen molar-refractivity contribution >= 4 is 21.6 Å². The molecular formula is C24H32N2O3S. The number of hydrogen-bond acceptors (Lipinski definition) is 3. The van der Waals surface area contributed by atoms with Gasteiger partial charge in [-0.05, 0) is 80.3 Å². The largest absolute Gasteiger partial charge is 0.350 e. The van der Waals surface area contributed by atoms with Gasteiger partial charge in [0.1, 0.15) is 0 Å². The van der Waals surface area contributed by atoms with E-state index in [-0.39, 0.29) is 24.9 Å². The minimum absolute atomic E-state index is 0.0580. The van der Waals surface area contributed by atoms with E-state index >= 15 is 0 Å². The van der Waals surface area contributed by atoms with Gasteiger partial charge in [-0.25, -0.2) is 8.42 Å². The lowest BCUT2D eigenvalue weighted by Crippen LogP contribution is -2.33. The molecule has 0 aromatic heterocycles. The molecule has 0 saturated heterocycles. The molecule has 0 unspecified atom stereocenters. The average molecular weight is 429 g/mol. The number of benzene rings is 2. The van der Waals surface area contributed by atoms with Crippen LogP contribution < -0.4 is 9.62 Å². The third-order valence-corrected chi connectivity index (χ3v) is 7.19. The van der Waals surface area contributed by atoms with E-state index in [9.17, 15) is 13.2 Å². The van der Waals surface area contributed by atoms with Crippen molar-refractivity contribution in [1.82, 2.24) is 5.32 Å². The standard InChI is InChI=1S/C24H32N2O3S/c1-17-8-5-11-23(18(17)2)26(30(4,28)29)15-7-12-24(27)25-19(3)21-14-13-20-9-6-10-22(20)16-21/h5,8,11,13-14,16,19H,6-7,9-10,12,15H2,1-4H3,(H,25,27)/t19-/m0/s1. The number of hydrogen-bond donors (Lipinski definition) is 1. The van der Waals surface area contributed by atoms with Gasteiger partial charge in [-0.2, -0.15) is 0 Å². The first-order valence-corrected chi connectivity index (χ1v) is 12.5. The Labute approximate surface area is 180 Å². The molecule has 0 spiro atoms. The van der Waals surface area contributed by atoms with Crippen LogP contribution >= 0.6 is 0 Å². The molecule has 1 atom stereocenters. The molecule has 0 fully saturated rings. The fourth-order valence-corrected chi connectivity index (χ4v) is 5.13. The molecule has 1 amide bonds. The van der Waals surface area contributed by atoms with Crippen molar-refractivity contribution in [3.63, 3.8) is 0 Å². The number of sulfonamides is 1. The van der Waals surface area contributed by atoms with Crippen molar-refractivity contribution in [2.75, 3.05) is 17.1 Å². The molecule has 0 heterocycles. The van der Waals surface area contributed by atoms with Crippen molar-refractivity contribution in [2.45, 2.75) is 58.9 Å². The molecule has 0 saturated carbocycles. The van der Waals surface area contributed by atoms with Crippen LogP contribution in [0.5, 0.6) is 0 Å². The highest BCUT2D eigenvalue weighted by Gasteiger charge is 2.20. The molecule has 0 radical (unpaired) electrons. The second-order valence-electron chi connectivity index (χ2n) is 8.33. The molecule has 2 aromatic carbocycles. The zero-order chi connectivity index (χ0) is 21.9. The third kappa shape index (κ3) is 5.22. The Morgan fingerprint density at radius 3 is 2.60 bits per heavy atom. The minimum atomic E-state index is -3.43. The highest BCUT2D eigenvalue weighted by atomic mass is 32.2. The number of aryl methyl sites for hydroxylation is 3. The summed E-state index contributed by atoms with van der Waals surface area (Å²) in [6.07, 6.45) is 5.42. The lowest BCUT2D eigenvalue weighted by Gasteiger charge is -2.25. The highest BCUT2D eigenvalue weighted by Crippen LogP contribution is 2.26. The Morgan fingerprint density at radius 2 is 1.87 bits per heavy atom. The monoisotopic (exact) mass is 428 g/mol. The third-order valence-electron chi connectivity index (χ3n) is 6.01. The molecule has 30 heavy (non-hydrogen) atoms. The van der Waals surface area contributed by atoms with Crippen LogP contribution in [-0.2, 0) is 27.7 Å². The molecule has 6 heteroatoms. The molecule has 1 N–H and O–H groups in total. The van der Waals surface area contributed by atoms with E-state index in [1.807, 2.05) is 39.0 Å². The van der Waals surface area contributed by atoms with Crippen LogP contribution in [0.4, 0.5) is 5.69 Å². The Morgan fingerprint density at radius 1 is 1.13 bits per heavy atom. The Balaban J connectivity index is 1.58. The summed E-state index contributed by atoms with van der Waals surface area (Å²) in [5.41, 5.74) is 6.61. The number of amides is 1. The van der Waals surface area contributed by atoms with Gasteiger partial charge < -0.3 is 5.32 Å². The van der Waals surface area contributed by atoms with Crippen LogP contribution in [0.25, 0.3) is 0 Å². The van der Waals surface area contributed by atoms with Crippen LogP contribution in [0.1, 0.15) is 60.0 Å². The van der Waals surface area contributed by atoms with Crippen molar-refractivity contribution < 1.29 is 13.2 Å². The van der Waals surface area contributed by atoms with Gasteiger partial charge in [0.25, 0.3) is 0 Å². The summed E-state index contributed by atoms with van der Waals surface area (Å²) in [5.74, 6) is -0.0580. The number of rotatable bonds is 8. The second kappa shape index (κ2) is 9.21. The topological polar surface area (TPSA) is 66.5 Å². The molecule has 1 aliphatic carbocycles. The predicted octanol–water partition coefficient (Wildman–Crippen LogP) is 4.22. The van der Waals surface area contributed by atoms with E-state index in [2.05, 4.69) is 23.5 Å². The molecule has 162 valence electrons. The lowest BCUT2D eigenvalue weighted by molar-refractivity contribution is -0.121. The van der Waals surface area contributed by atoms with E-state index in [1.165, 1.54) is 28.1 Å². The molecule has 2 aromatic rings. The first kappa shape index (κ1) is 22.3. The van der Waals surface area contributed by atoms with E-state index in [1.54, 1.807) is 0 Å². The van der Waals surface area contributed by atoms with Gasteiger partial charge in [0.2, 0.25) is 15.9 Å². The normalized spacial score (nSPS) is 14.3. The van der Waals surface area contributed by atoms with E-state index in [0.717, 1.165) is 29.5 Å². The van der Waals surface area contributed by atoms with Gasteiger partial charge in [-0.1, -0.05) is 30.3 Å². The summed E-state index contributed by atoms with van der Waals surface area (Å²) in [4.78, 5) is 12.5. The molecule has 5 nitrogen and oxygen atoms in total. The summed E-state index contributed by atoms with van der Waals surface area (Å²) >= 11 is 0. The summed E-state index contributed by atoms with van der Waals surface area (Å²) < 4.78 is 26.1. The SMILES string of the molecule is Cc1cccc(N(CCCC(=O)N[C@@H](C)c2ccc3c(c2)CCC3)S(C)(=O)=O)c1C. The molecule has 0 aliphatic heterocycles. The highest BCUT2D eigenvalue weighted by molar-refractivity contribution is 7.92. The van der Waals surface area contributed by atoms with Crippen molar-refractivity contribution in [3.05, 3.63) is 64.2 Å². The maximum atomic E-state index is 12.5. The number of nitrogens with zero attached hydrogens (tertiary/aromatic N) is 1. The van der Waals surface area contributed by atoms with Gasteiger partial charge in [0, 0.05) is 13.0 Å². The van der Waals surface area contributed by atoms with Crippen LogP contribution in [0.2, 0.25) is 0 Å². The number of fused-ring (bicyclic) bond motifs is 1. The average Bonchev–Trinajstić information content (AvgIpc) is 3.14. The maximum absolute atomic E-state index is 12.5. The number of carbonyl (C=O) groups excluding carboxylic acids is 1. The van der Waals surface area contributed by atoms with Crippen molar-refractivity contribution in [1.29, 1.82) is 0 Å². The second-order valence-corrected chi connectivity index (χ2v) is 10.2. The quantitative estimate of drug-likeness (QED) is 0.685. The Kier molecular flexibility index (Phi) is 6.86. The van der Waals surface area contributed by atoms with Crippen molar-refractivity contribution in [3.8, 4) is 0 Å². The smallest absolute Gasteiger partial charge is 0.232 e. The Bertz CT molecular complexity index is 1030. The molecule has 3 rings (SSSR count). The molecule has 1 aliphatic rings. The fraction of sp³-hybridized carbons (Fsp3) is 0.458. The van der Waals surface area contributed by atoms with Crippen LogP contribution in [0.3, 0.4) is 0 Å².